The summed E-state index contributed by atoms with van der Waals surface area (Å²) in [6, 6.07) is 2.08. The van der Waals surface area contributed by atoms with Crippen LogP contribution in [-0.4, -0.2) is 16.6 Å². The minimum atomic E-state index is 0.0987. The van der Waals surface area contributed by atoms with Crippen LogP contribution in [0.2, 0.25) is 0 Å². The van der Waals surface area contributed by atoms with Crippen LogP contribution in [-0.2, 0) is 6.54 Å². The summed E-state index contributed by atoms with van der Waals surface area (Å²) in [6.07, 6.45) is 7.30. The molecule has 1 N–H and O–H groups in total. The van der Waals surface area contributed by atoms with Crippen LogP contribution in [0.4, 0.5) is 0 Å². The third-order valence-corrected chi connectivity index (χ3v) is 4.07. The second-order valence-corrected chi connectivity index (χ2v) is 7.55. The molecule has 0 aliphatic heterocycles. The fourth-order valence-corrected chi connectivity index (χ4v) is 2.83. The van der Waals surface area contributed by atoms with E-state index in [-0.39, 0.29) is 5.54 Å². The molecule has 0 spiro atoms. The molecule has 1 saturated carbocycles. The van der Waals surface area contributed by atoms with Crippen LogP contribution in [0.3, 0.4) is 0 Å². The standard InChI is InChI=1S/C18H30N2O/c1-13-7-6-8-16(9-13)21-17-10-14(2)19-11-15(17)12-20-18(3,4)5/h10-11,13,16,20H,6-9,12H2,1-5H3. The van der Waals surface area contributed by atoms with Crippen molar-refractivity contribution in [2.45, 2.75) is 78.5 Å². The number of nitrogens with zero attached hydrogens (tertiary/aromatic N) is 1. The van der Waals surface area contributed by atoms with Crippen molar-refractivity contribution in [1.29, 1.82) is 0 Å². The Labute approximate surface area is 129 Å². The van der Waals surface area contributed by atoms with Crippen LogP contribution in [0, 0.1) is 12.8 Å². The zero-order valence-electron chi connectivity index (χ0n) is 14.2. The third kappa shape index (κ3) is 5.31. The SMILES string of the molecule is Cc1cc(OC2CCCC(C)C2)c(CNC(C)(C)C)cn1. The van der Waals surface area contributed by atoms with Crippen molar-refractivity contribution in [2.24, 2.45) is 5.92 Å². The van der Waals surface area contributed by atoms with Crippen LogP contribution < -0.4 is 10.1 Å². The van der Waals surface area contributed by atoms with E-state index >= 15 is 0 Å². The summed E-state index contributed by atoms with van der Waals surface area (Å²) >= 11 is 0. The highest BCUT2D eigenvalue weighted by Gasteiger charge is 2.21. The molecule has 0 amide bonds. The molecule has 1 fully saturated rings. The smallest absolute Gasteiger partial charge is 0.127 e. The van der Waals surface area contributed by atoms with E-state index in [1.165, 1.54) is 25.7 Å². The fraction of sp³-hybridized carbons (Fsp3) is 0.722. The molecule has 3 heteroatoms. The molecule has 0 bridgehead atoms. The first-order valence-corrected chi connectivity index (χ1v) is 8.21. The molecular weight excluding hydrogens is 260 g/mol. The number of nitrogens with one attached hydrogen (secondary N) is 1. The molecule has 1 aromatic heterocycles. The van der Waals surface area contributed by atoms with Crippen molar-refractivity contribution in [1.82, 2.24) is 10.3 Å². The van der Waals surface area contributed by atoms with Crippen molar-refractivity contribution in [2.75, 3.05) is 0 Å². The predicted octanol–water partition coefficient (Wildman–Crippen LogP) is 4.24. The lowest BCUT2D eigenvalue weighted by Crippen LogP contribution is -2.35. The number of rotatable bonds is 4. The van der Waals surface area contributed by atoms with E-state index in [1.807, 2.05) is 13.1 Å². The molecule has 2 unspecified atom stereocenters. The molecule has 1 aliphatic carbocycles. The van der Waals surface area contributed by atoms with Crippen LogP contribution in [0.15, 0.2) is 12.3 Å². The number of hydrogen-bond acceptors (Lipinski definition) is 3. The van der Waals surface area contributed by atoms with Gasteiger partial charge in [0.15, 0.2) is 0 Å². The second kappa shape index (κ2) is 6.78. The van der Waals surface area contributed by atoms with E-state index in [9.17, 15) is 0 Å². The van der Waals surface area contributed by atoms with E-state index < -0.39 is 0 Å². The Hall–Kier alpha value is -1.09. The number of pyridine rings is 1. The van der Waals surface area contributed by atoms with Crippen molar-refractivity contribution in [3.05, 3.63) is 23.5 Å². The second-order valence-electron chi connectivity index (χ2n) is 7.55. The number of aromatic nitrogens is 1. The maximum absolute atomic E-state index is 6.32. The Kier molecular flexibility index (Phi) is 5.26. The van der Waals surface area contributed by atoms with Crippen molar-refractivity contribution >= 4 is 0 Å². The Morgan fingerprint density at radius 3 is 2.76 bits per heavy atom. The quantitative estimate of drug-likeness (QED) is 0.900. The molecule has 1 heterocycles. The van der Waals surface area contributed by atoms with Gasteiger partial charge in [-0.25, -0.2) is 0 Å². The molecule has 0 radical (unpaired) electrons. The van der Waals surface area contributed by atoms with Gasteiger partial charge in [-0.2, -0.15) is 0 Å². The summed E-state index contributed by atoms with van der Waals surface area (Å²) in [4.78, 5) is 4.43. The maximum atomic E-state index is 6.32. The average Bonchev–Trinajstić information content (AvgIpc) is 2.36. The molecule has 0 aromatic carbocycles. The first kappa shape index (κ1) is 16.3. The normalized spacial score (nSPS) is 23.1. The largest absolute Gasteiger partial charge is 0.490 e. The van der Waals surface area contributed by atoms with Crippen molar-refractivity contribution in [3.8, 4) is 5.75 Å². The van der Waals surface area contributed by atoms with Crippen molar-refractivity contribution < 1.29 is 4.74 Å². The summed E-state index contributed by atoms with van der Waals surface area (Å²) in [6.45, 7) is 11.7. The highest BCUT2D eigenvalue weighted by Crippen LogP contribution is 2.29. The first-order valence-electron chi connectivity index (χ1n) is 8.21. The number of ether oxygens (including phenoxy) is 1. The zero-order valence-corrected chi connectivity index (χ0v) is 14.2. The fourth-order valence-electron chi connectivity index (χ4n) is 2.83. The monoisotopic (exact) mass is 290 g/mol. The number of hydrogen-bond donors (Lipinski definition) is 1. The average molecular weight is 290 g/mol. The Balaban J connectivity index is 2.07. The molecular formula is C18H30N2O. The Morgan fingerprint density at radius 2 is 2.10 bits per heavy atom. The highest BCUT2D eigenvalue weighted by atomic mass is 16.5. The van der Waals surface area contributed by atoms with Gasteiger partial charge in [0, 0.05) is 35.6 Å². The molecule has 118 valence electrons. The van der Waals surface area contributed by atoms with E-state index in [1.54, 1.807) is 0 Å². The Morgan fingerprint density at radius 1 is 1.33 bits per heavy atom. The zero-order chi connectivity index (χ0) is 15.5. The summed E-state index contributed by atoms with van der Waals surface area (Å²) in [7, 11) is 0. The predicted molar refractivity (Wildman–Crippen MR) is 87.6 cm³/mol. The number of aryl methyl sites for hydroxylation is 1. The molecule has 1 aliphatic rings. The van der Waals surface area contributed by atoms with Gasteiger partial charge in [0.25, 0.3) is 0 Å². The maximum Gasteiger partial charge on any atom is 0.127 e. The van der Waals surface area contributed by atoms with Crippen LogP contribution in [0.5, 0.6) is 5.75 Å². The molecule has 0 saturated heterocycles. The van der Waals surface area contributed by atoms with E-state index in [0.717, 1.165) is 29.5 Å². The van der Waals surface area contributed by atoms with E-state index in [0.29, 0.717) is 6.10 Å². The van der Waals surface area contributed by atoms with Gasteiger partial charge in [0.1, 0.15) is 5.75 Å². The van der Waals surface area contributed by atoms with Gasteiger partial charge in [-0.05, 0) is 52.9 Å². The summed E-state index contributed by atoms with van der Waals surface area (Å²) in [5.41, 5.74) is 2.28. The van der Waals surface area contributed by atoms with Gasteiger partial charge in [-0.15, -0.1) is 0 Å². The molecule has 1 aromatic rings. The van der Waals surface area contributed by atoms with Crippen molar-refractivity contribution in [3.63, 3.8) is 0 Å². The van der Waals surface area contributed by atoms with Gasteiger partial charge in [0.05, 0.1) is 6.10 Å². The van der Waals surface area contributed by atoms with E-state index in [4.69, 9.17) is 4.74 Å². The van der Waals surface area contributed by atoms with Gasteiger partial charge >= 0.3 is 0 Å². The Bertz CT molecular complexity index is 465. The first-order chi connectivity index (χ1) is 9.83. The summed E-state index contributed by atoms with van der Waals surface area (Å²) in [5.74, 6) is 1.79. The van der Waals surface area contributed by atoms with Gasteiger partial charge in [0.2, 0.25) is 0 Å². The lowest BCUT2D eigenvalue weighted by Gasteiger charge is -2.29. The van der Waals surface area contributed by atoms with Crippen LogP contribution >= 0.6 is 0 Å². The summed E-state index contributed by atoms with van der Waals surface area (Å²) in [5, 5.41) is 3.52. The molecule has 3 nitrogen and oxygen atoms in total. The molecule has 2 atom stereocenters. The van der Waals surface area contributed by atoms with Gasteiger partial charge in [-0.1, -0.05) is 13.3 Å². The minimum Gasteiger partial charge on any atom is -0.490 e. The lowest BCUT2D eigenvalue weighted by atomic mass is 9.88. The lowest BCUT2D eigenvalue weighted by molar-refractivity contribution is 0.127. The van der Waals surface area contributed by atoms with Crippen LogP contribution in [0.25, 0.3) is 0 Å². The van der Waals surface area contributed by atoms with Gasteiger partial charge < -0.3 is 10.1 Å². The van der Waals surface area contributed by atoms with Crippen LogP contribution in [0.1, 0.15) is 64.6 Å². The minimum absolute atomic E-state index is 0.0987. The highest BCUT2D eigenvalue weighted by molar-refractivity contribution is 5.33. The van der Waals surface area contributed by atoms with E-state index in [2.05, 4.69) is 44.1 Å². The summed E-state index contributed by atoms with van der Waals surface area (Å²) < 4.78 is 6.32. The third-order valence-electron chi connectivity index (χ3n) is 4.07. The molecule has 2 rings (SSSR count). The topological polar surface area (TPSA) is 34.1 Å². The van der Waals surface area contributed by atoms with Gasteiger partial charge in [-0.3, -0.25) is 4.98 Å². The molecule has 21 heavy (non-hydrogen) atoms.